The molecule has 1 amide bonds. The van der Waals surface area contributed by atoms with Gasteiger partial charge in [0.25, 0.3) is 0 Å². The van der Waals surface area contributed by atoms with Gasteiger partial charge in [-0.2, -0.15) is 11.3 Å². The summed E-state index contributed by atoms with van der Waals surface area (Å²) in [5, 5.41) is 10.5. The van der Waals surface area contributed by atoms with Crippen LogP contribution < -0.4 is 10.6 Å². The molecule has 0 saturated carbocycles. The number of rotatable bonds is 5. The van der Waals surface area contributed by atoms with Crippen molar-refractivity contribution in [2.75, 3.05) is 32.7 Å². The van der Waals surface area contributed by atoms with Gasteiger partial charge in [-0.05, 0) is 35.7 Å². The summed E-state index contributed by atoms with van der Waals surface area (Å²) in [6.45, 7) is 6.59. The quantitative estimate of drug-likeness (QED) is 0.825. The second-order valence-electron chi connectivity index (χ2n) is 4.63. The van der Waals surface area contributed by atoms with Crippen molar-refractivity contribution in [2.45, 2.75) is 19.4 Å². The van der Waals surface area contributed by atoms with Crippen LogP contribution in [0.4, 0.5) is 0 Å². The standard InChI is InChI=1S/C13H21N3OS/c1-11(16-7-5-14-6-8-16)13(17)15-4-2-12-3-9-18-10-12/h3,9-11,14H,2,4-8H2,1H3,(H,15,17). The summed E-state index contributed by atoms with van der Waals surface area (Å²) in [7, 11) is 0. The molecule has 1 aromatic heterocycles. The van der Waals surface area contributed by atoms with Gasteiger partial charge in [0.05, 0.1) is 6.04 Å². The second-order valence-corrected chi connectivity index (χ2v) is 5.41. The lowest BCUT2D eigenvalue weighted by Gasteiger charge is -2.31. The maximum Gasteiger partial charge on any atom is 0.237 e. The molecule has 0 bridgehead atoms. The van der Waals surface area contributed by atoms with E-state index in [0.717, 1.165) is 39.1 Å². The number of nitrogens with one attached hydrogen (secondary N) is 2. The first-order valence-electron chi connectivity index (χ1n) is 6.51. The molecule has 5 heteroatoms. The predicted molar refractivity (Wildman–Crippen MR) is 74.9 cm³/mol. The summed E-state index contributed by atoms with van der Waals surface area (Å²) in [4.78, 5) is 14.2. The Balaban J connectivity index is 1.70. The summed E-state index contributed by atoms with van der Waals surface area (Å²) in [6.07, 6.45) is 0.920. The number of carbonyl (C=O) groups is 1. The van der Waals surface area contributed by atoms with Gasteiger partial charge in [0.1, 0.15) is 0 Å². The monoisotopic (exact) mass is 267 g/mol. The molecule has 1 aromatic rings. The zero-order chi connectivity index (χ0) is 12.8. The zero-order valence-corrected chi connectivity index (χ0v) is 11.6. The van der Waals surface area contributed by atoms with E-state index >= 15 is 0 Å². The molecule has 18 heavy (non-hydrogen) atoms. The fraction of sp³-hybridized carbons (Fsp3) is 0.615. The molecule has 2 heterocycles. The Bertz CT molecular complexity index is 360. The van der Waals surface area contributed by atoms with Crippen molar-refractivity contribution in [1.29, 1.82) is 0 Å². The van der Waals surface area contributed by atoms with Crippen molar-refractivity contribution in [1.82, 2.24) is 15.5 Å². The third-order valence-electron chi connectivity index (χ3n) is 3.37. The minimum Gasteiger partial charge on any atom is -0.354 e. The van der Waals surface area contributed by atoms with Crippen LogP contribution in [0.1, 0.15) is 12.5 Å². The number of hydrogen-bond donors (Lipinski definition) is 2. The molecule has 1 atom stereocenters. The van der Waals surface area contributed by atoms with Crippen LogP contribution in [0, 0.1) is 0 Å². The Labute approximate surface area is 112 Å². The highest BCUT2D eigenvalue weighted by Crippen LogP contribution is 2.06. The largest absolute Gasteiger partial charge is 0.354 e. The molecule has 4 nitrogen and oxygen atoms in total. The van der Waals surface area contributed by atoms with Crippen molar-refractivity contribution >= 4 is 17.2 Å². The van der Waals surface area contributed by atoms with Crippen molar-refractivity contribution in [3.05, 3.63) is 22.4 Å². The Morgan fingerprint density at radius 1 is 1.56 bits per heavy atom. The Morgan fingerprint density at radius 2 is 2.33 bits per heavy atom. The lowest BCUT2D eigenvalue weighted by molar-refractivity contribution is -0.126. The molecule has 1 aliphatic rings. The van der Waals surface area contributed by atoms with Crippen LogP contribution in [0.2, 0.25) is 0 Å². The third kappa shape index (κ3) is 3.80. The zero-order valence-electron chi connectivity index (χ0n) is 10.8. The molecule has 2 N–H and O–H groups in total. The van der Waals surface area contributed by atoms with Gasteiger partial charge >= 0.3 is 0 Å². The molecular formula is C13H21N3OS. The number of amides is 1. The van der Waals surface area contributed by atoms with E-state index in [0.29, 0.717) is 0 Å². The number of piperazine rings is 1. The molecule has 100 valence electrons. The fourth-order valence-electron chi connectivity index (χ4n) is 2.15. The van der Waals surface area contributed by atoms with E-state index < -0.39 is 0 Å². The second kappa shape index (κ2) is 6.87. The van der Waals surface area contributed by atoms with Gasteiger partial charge in [-0.15, -0.1) is 0 Å². The van der Waals surface area contributed by atoms with Crippen molar-refractivity contribution in [3.63, 3.8) is 0 Å². The van der Waals surface area contributed by atoms with E-state index in [1.54, 1.807) is 11.3 Å². The molecule has 0 aliphatic carbocycles. The predicted octanol–water partition coefficient (Wildman–Crippen LogP) is 0.700. The first-order valence-corrected chi connectivity index (χ1v) is 7.45. The summed E-state index contributed by atoms with van der Waals surface area (Å²) in [6, 6.07) is 2.09. The van der Waals surface area contributed by atoms with Crippen molar-refractivity contribution in [2.24, 2.45) is 0 Å². The Kier molecular flexibility index (Phi) is 5.16. The average Bonchev–Trinajstić information content (AvgIpc) is 2.92. The molecule has 1 unspecified atom stereocenters. The summed E-state index contributed by atoms with van der Waals surface area (Å²) < 4.78 is 0. The van der Waals surface area contributed by atoms with Gasteiger partial charge in [0, 0.05) is 32.7 Å². The average molecular weight is 267 g/mol. The van der Waals surface area contributed by atoms with Crippen LogP contribution in [0.3, 0.4) is 0 Å². The van der Waals surface area contributed by atoms with E-state index in [4.69, 9.17) is 0 Å². The fourth-order valence-corrected chi connectivity index (χ4v) is 2.85. The van der Waals surface area contributed by atoms with Gasteiger partial charge in [0.15, 0.2) is 0 Å². The number of hydrogen-bond acceptors (Lipinski definition) is 4. The highest BCUT2D eigenvalue weighted by atomic mass is 32.1. The molecule has 0 radical (unpaired) electrons. The van der Waals surface area contributed by atoms with Gasteiger partial charge in [-0.25, -0.2) is 0 Å². The highest BCUT2D eigenvalue weighted by molar-refractivity contribution is 7.07. The highest BCUT2D eigenvalue weighted by Gasteiger charge is 2.21. The lowest BCUT2D eigenvalue weighted by Crippen LogP contribution is -2.52. The van der Waals surface area contributed by atoms with E-state index in [9.17, 15) is 4.79 Å². The van der Waals surface area contributed by atoms with Crippen LogP contribution in [-0.4, -0.2) is 49.6 Å². The minimum atomic E-state index is -0.0189. The van der Waals surface area contributed by atoms with Crippen LogP contribution in [0.5, 0.6) is 0 Å². The van der Waals surface area contributed by atoms with E-state index in [-0.39, 0.29) is 11.9 Å². The number of nitrogens with zero attached hydrogens (tertiary/aromatic N) is 1. The summed E-state index contributed by atoms with van der Waals surface area (Å²) in [5.74, 6) is 0.145. The SMILES string of the molecule is CC(C(=O)NCCc1ccsc1)N1CCNCC1. The molecule has 1 aliphatic heterocycles. The van der Waals surface area contributed by atoms with Crippen LogP contribution in [0.15, 0.2) is 16.8 Å². The van der Waals surface area contributed by atoms with Crippen LogP contribution >= 0.6 is 11.3 Å². The van der Waals surface area contributed by atoms with Gasteiger partial charge < -0.3 is 10.6 Å². The molecular weight excluding hydrogens is 246 g/mol. The Hall–Kier alpha value is -0.910. The first-order chi connectivity index (χ1) is 8.77. The lowest BCUT2D eigenvalue weighted by atomic mass is 10.2. The van der Waals surface area contributed by atoms with E-state index in [2.05, 4.69) is 32.4 Å². The normalized spacial score (nSPS) is 18.5. The van der Waals surface area contributed by atoms with Gasteiger partial charge in [-0.1, -0.05) is 0 Å². The molecule has 1 saturated heterocycles. The Morgan fingerprint density at radius 3 is 3.00 bits per heavy atom. The van der Waals surface area contributed by atoms with Crippen molar-refractivity contribution in [3.8, 4) is 0 Å². The number of thiophene rings is 1. The molecule has 0 spiro atoms. The smallest absolute Gasteiger partial charge is 0.237 e. The van der Waals surface area contributed by atoms with Crippen LogP contribution in [0.25, 0.3) is 0 Å². The summed E-state index contributed by atoms with van der Waals surface area (Å²) in [5.41, 5.74) is 1.30. The molecule has 1 fully saturated rings. The van der Waals surface area contributed by atoms with Gasteiger partial charge in [0.2, 0.25) is 5.91 Å². The molecule has 2 rings (SSSR count). The van der Waals surface area contributed by atoms with E-state index in [1.807, 2.05) is 6.92 Å². The first kappa shape index (κ1) is 13.5. The maximum atomic E-state index is 12.0. The van der Waals surface area contributed by atoms with E-state index in [1.165, 1.54) is 5.56 Å². The molecule has 0 aromatic carbocycles. The number of carbonyl (C=O) groups excluding carboxylic acids is 1. The summed E-state index contributed by atoms with van der Waals surface area (Å²) >= 11 is 1.70. The third-order valence-corrected chi connectivity index (χ3v) is 4.10. The van der Waals surface area contributed by atoms with Crippen LogP contribution in [-0.2, 0) is 11.2 Å². The van der Waals surface area contributed by atoms with Crippen molar-refractivity contribution < 1.29 is 4.79 Å². The maximum absolute atomic E-state index is 12.0. The topological polar surface area (TPSA) is 44.4 Å². The minimum absolute atomic E-state index is 0.0189. The van der Waals surface area contributed by atoms with Gasteiger partial charge in [-0.3, -0.25) is 9.69 Å².